The molecule has 37 heavy (non-hydrogen) atoms. The summed E-state index contributed by atoms with van der Waals surface area (Å²) in [5.41, 5.74) is 2.95. The van der Waals surface area contributed by atoms with Crippen molar-refractivity contribution in [3.63, 3.8) is 0 Å². The lowest BCUT2D eigenvalue weighted by atomic mass is 10.1. The number of methoxy groups -OCH3 is 1. The van der Waals surface area contributed by atoms with E-state index in [4.69, 9.17) is 31.2 Å². The predicted molar refractivity (Wildman–Crippen MR) is 147 cm³/mol. The highest BCUT2D eigenvalue weighted by atomic mass is 32.1. The molecule has 3 aromatic carbocycles. The summed E-state index contributed by atoms with van der Waals surface area (Å²) < 4.78 is 21.9. The van der Waals surface area contributed by atoms with E-state index in [2.05, 4.69) is 10.3 Å². The molecular weight excluding hydrogens is 490 g/mol. The van der Waals surface area contributed by atoms with Crippen molar-refractivity contribution in [2.24, 2.45) is 0 Å². The number of nitrogens with zero attached hydrogens (tertiary/aromatic N) is 1. The zero-order chi connectivity index (χ0) is 25.8. The molecule has 0 spiro atoms. The number of anilines is 1. The number of aromatic amines is 1. The van der Waals surface area contributed by atoms with Crippen molar-refractivity contribution in [3.05, 3.63) is 88.2 Å². The molecule has 8 nitrogen and oxygen atoms in total. The summed E-state index contributed by atoms with van der Waals surface area (Å²) >= 11 is 5.81. The van der Waals surface area contributed by atoms with Gasteiger partial charge in [0.1, 0.15) is 11.5 Å². The topological polar surface area (TPSA) is 85.1 Å². The molecule has 1 aliphatic rings. The largest absolute Gasteiger partial charge is 0.497 e. The van der Waals surface area contributed by atoms with Crippen molar-refractivity contribution in [1.82, 2.24) is 9.88 Å². The number of rotatable bonds is 8. The van der Waals surface area contributed by atoms with Gasteiger partial charge in [-0.2, -0.15) is 0 Å². The smallest absolute Gasteiger partial charge is 0.253 e. The Kier molecular flexibility index (Phi) is 7.14. The quantitative estimate of drug-likeness (QED) is 0.314. The molecule has 2 heterocycles. The number of thiocarbonyl (C=S) groups is 1. The highest BCUT2D eigenvalue weighted by molar-refractivity contribution is 7.80. The van der Waals surface area contributed by atoms with E-state index < -0.39 is 0 Å². The maximum Gasteiger partial charge on any atom is 0.253 e. The monoisotopic (exact) mass is 517 g/mol. The number of ether oxygens (including phenoxy) is 4. The number of pyridine rings is 1. The third-order valence-electron chi connectivity index (χ3n) is 6.00. The van der Waals surface area contributed by atoms with Crippen molar-refractivity contribution in [3.8, 4) is 23.0 Å². The van der Waals surface area contributed by atoms with E-state index in [9.17, 15) is 4.79 Å². The molecule has 0 saturated carbocycles. The first-order valence-electron chi connectivity index (χ1n) is 11.9. The van der Waals surface area contributed by atoms with E-state index in [1.54, 1.807) is 7.11 Å². The lowest BCUT2D eigenvalue weighted by molar-refractivity contribution is 0.174. The molecule has 0 aliphatic carbocycles. The van der Waals surface area contributed by atoms with E-state index in [0.717, 1.165) is 33.7 Å². The van der Waals surface area contributed by atoms with Gasteiger partial charge in [0, 0.05) is 28.7 Å². The van der Waals surface area contributed by atoms with Crippen LogP contribution >= 0.6 is 12.2 Å². The molecule has 0 unspecified atom stereocenters. The van der Waals surface area contributed by atoms with Crippen molar-refractivity contribution < 1.29 is 18.9 Å². The second-order valence-corrected chi connectivity index (χ2v) is 8.89. The SMILES string of the molecule is CCOc1ccc(NC(=S)N(Cc2ccc3c(c2)OCO3)Cc2cc3cc(OC)ccc3[nH]c2=O)cc1. The number of benzene rings is 3. The van der Waals surface area contributed by atoms with Crippen LogP contribution in [0.25, 0.3) is 10.9 Å². The van der Waals surface area contributed by atoms with Crippen LogP contribution < -0.4 is 29.8 Å². The highest BCUT2D eigenvalue weighted by Crippen LogP contribution is 2.33. The average Bonchev–Trinajstić information content (AvgIpc) is 3.37. The van der Waals surface area contributed by atoms with Crippen LogP contribution in [0.3, 0.4) is 0 Å². The van der Waals surface area contributed by atoms with Gasteiger partial charge in [-0.1, -0.05) is 6.07 Å². The minimum absolute atomic E-state index is 0.169. The number of hydrogen-bond donors (Lipinski definition) is 2. The number of hydrogen-bond acceptors (Lipinski definition) is 6. The summed E-state index contributed by atoms with van der Waals surface area (Å²) in [6.07, 6.45) is 0. The van der Waals surface area contributed by atoms with Gasteiger partial charge in [-0.3, -0.25) is 4.79 Å². The standard InChI is InChI=1S/C28H27N3O5S/c1-3-34-22-7-5-21(6-8-22)29-28(37)31(15-18-4-11-25-26(12-18)36-17-35-25)16-20-13-19-14-23(33-2)9-10-24(19)30-27(20)32/h4-14H,3,15-17H2,1-2H3,(H,29,37)(H,30,32). The number of aromatic nitrogens is 1. The zero-order valence-corrected chi connectivity index (χ0v) is 21.4. The Morgan fingerprint density at radius 2 is 1.78 bits per heavy atom. The third kappa shape index (κ3) is 5.62. The summed E-state index contributed by atoms with van der Waals surface area (Å²) in [5, 5.41) is 4.65. The van der Waals surface area contributed by atoms with Gasteiger partial charge in [0.05, 0.1) is 20.3 Å². The first kappa shape index (κ1) is 24.5. The molecule has 0 fully saturated rings. The fraction of sp³-hybridized carbons (Fsp3) is 0.214. The van der Waals surface area contributed by atoms with Crippen LogP contribution in [0.5, 0.6) is 23.0 Å². The number of H-pyrrole nitrogens is 1. The van der Waals surface area contributed by atoms with Crippen LogP contribution in [0.1, 0.15) is 18.1 Å². The van der Waals surface area contributed by atoms with E-state index in [-0.39, 0.29) is 12.4 Å². The summed E-state index contributed by atoms with van der Waals surface area (Å²) in [7, 11) is 1.62. The highest BCUT2D eigenvalue weighted by Gasteiger charge is 2.18. The Morgan fingerprint density at radius 3 is 2.57 bits per heavy atom. The third-order valence-corrected chi connectivity index (χ3v) is 6.36. The van der Waals surface area contributed by atoms with Crippen molar-refractivity contribution in [1.29, 1.82) is 0 Å². The van der Waals surface area contributed by atoms with Crippen LogP contribution in [0.2, 0.25) is 0 Å². The van der Waals surface area contributed by atoms with E-state index >= 15 is 0 Å². The van der Waals surface area contributed by atoms with E-state index in [1.807, 2.05) is 78.6 Å². The van der Waals surface area contributed by atoms with Crippen LogP contribution in [-0.2, 0) is 13.1 Å². The van der Waals surface area contributed by atoms with Gasteiger partial charge < -0.3 is 34.1 Å². The normalized spacial score (nSPS) is 11.8. The minimum Gasteiger partial charge on any atom is -0.497 e. The molecule has 0 amide bonds. The molecule has 1 aromatic heterocycles. The second-order valence-electron chi connectivity index (χ2n) is 8.51. The second kappa shape index (κ2) is 10.8. The molecule has 4 aromatic rings. The maximum atomic E-state index is 13.0. The molecule has 2 N–H and O–H groups in total. The fourth-order valence-corrected chi connectivity index (χ4v) is 4.39. The van der Waals surface area contributed by atoms with Gasteiger partial charge in [0.15, 0.2) is 16.6 Å². The Bertz CT molecular complexity index is 1490. The Labute approximate surface area is 219 Å². The molecule has 0 bridgehead atoms. The first-order valence-corrected chi connectivity index (χ1v) is 12.3. The summed E-state index contributed by atoms with van der Waals surface area (Å²) in [5.74, 6) is 2.91. The Morgan fingerprint density at radius 1 is 1.00 bits per heavy atom. The van der Waals surface area contributed by atoms with Gasteiger partial charge >= 0.3 is 0 Å². The molecule has 190 valence electrons. The van der Waals surface area contributed by atoms with E-state index in [0.29, 0.717) is 41.9 Å². The molecule has 0 atom stereocenters. The van der Waals surface area contributed by atoms with Crippen molar-refractivity contribution >= 4 is 33.9 Å². The molecule has 1 aliphatic heterocycles. The predicted octanol–water partition coefficient (Wildman–Crippen LogP) is 5.06. The Balaban J connectivity index is 1.43. The zero-order valence-electron chi connectivity index (χ0n) is 20.6. The fourth-order valence-electron chi connectivity index (χ4n) is 4.14. The lowest BCUT2D eigenvalue weighted by Crippen LogP contribution is -2.35. The van der Waals surface area contributed by atoms with Gasteiger partial charge in [0.25, 0.3) is 5.56 Å². The van der Waals surface area contributed by atoms with Crippen LogP contribution in [0.15, 0.2) is 71.5 Å². The molecular formula is C28H27N3O5S. The van der Waals surface area contributed by atoms with Crippen molar-refractivity contribution in [2.45, 2.75) is 20.0 Å². The van der Waals surface area contributed by atoms with Gasteiger partial charge in [0.2, 0.25) is 6.79 Å². The van der Waals surface area contributed by atoms with Crippen LogP contribution in [0, 0.1) is 0 Å². The molecule has 0 saturated heterocycles. The maximum absolute atomic E-state index is 13.0. The van der Waals surface area contributed by atoms with Crippen LogP contribution in [0.4, 0.5) is 5.69 Å². The van der Waals surface area contributed by atoms with E-state index in [1.165, 1.54) is 0 Å². The summed E-state index contributed by atoms with van der Waals surface area (Å²) in [6.45, 7) is 3.49. The molecule has 5 rings (SSSR count). The van der Waals surface area contributed by atoms with Gasteiger partial charge in [-0.25, -0.2) is 0 Å². The number of fused-ring (bicyclic) bond motifs is 2. The molecule has 9 heteroatoms. The van der Waals surface area contributed by atoms with Crippen LogP contribution in [-0.4, -0.2) is 35.5 Å². The average molecular weight is 518 g/mol. The first-order chi connectivity index (χ1) is 18.0. The molecule has 0 radical (unpaired) electrons. The summed E-state index contributed by atoms with van der Waals surface area (Å²) in [4.78, 5) is 17.9. The number of nitrogens with one attached hydrogen (secondary N) is 2. The minimum atomic E-state index is -0.169. The van der Waals surface area contributed by atoms with Gasteiger partial charge in [-0.15, -0.1) is 0 Å². The van der Waals surface area contributed by atoms with Gasteiger partial charge in [-0.05, 0) is 85.4 Å². The Hall–Kier alpha value is -4.24. The lowest BCUT2D eigenvalue weighted by Gasteiger charge is -2.26. The summed E-state index contributed by atoms with van der Waals surface area (Å²) in [6, 6.07) is 20.8. The van der Waals surface area contributed by atoms with Crippen molar-refractivity contribution in [2.75, 3.05) is 25.8 Å².